The molecular weight excluding hydrogens is 299 g/mol. The summed E-state index contributed by atoms with van der Waals surface area (Å²) in [5.74, 6) is -1.63. The summed E-state index contributed by atoms with van der Waals surface area (Å²) < 4.78 is 13.3. The molecule has 1 aromatic heterocycles. The molecule has 1 amide bonds. The number of hydrogen-bond acceptors (Lipinski definition) is 6. The lowest BCUT2D eigenvalue weighted by atomic mass is 10.1. The average molecular weight is 310 g/mol. The summed E-state index contributed by atoms with van der Waals surface area (Å²) in [6.07, 6.45) is 1.60. The smallest absolute Gasteiger partial charge is 0.285 e. The largest absolute Gasteiger partial charge is 0.396 e. The maximum Gasteiger partial charge on any atom is 0.285 e. The van der Waals surface area contributed by atoms with Gasteiger partial charge in [0.2, 0.25) is 0 Å². The number of nitrogen functional groups attached to an aromatic ring is 1. The van der Waals surface area contributed by atoms with Crippen molar-refractivity contribution in [3.63, 3.8) is 0 Å². The van der Waals surface area contributed by atoms with E-state index < -0.39 is 22.3 Å². The van der Waals surface area contributed by atoms with Crippen LogP contribution in [0.3, 0.4) is 0 Å². The van der Waals surface area contributed by atoms with Crippen LogP contribution >= 0.6 is 11.3 Å². The van der Waals surface area contributed by atoms with Crippen LogP contribution in [-0.2, 0) is 6.54 Å². The predicted octanol–water partition coefficient (Wildman–Crippen LogP) is 2.01. The number of nitrogens with one attached hydrogen (secondary N) is 1. The van der Waals surface area contributed by atoms with Crippen molar-refractivity contribution in [2.24, 2.45) is 0 Å². The van der Waals surface area contributed by atoms with Crippen molar-refractivity contribution in [2.45, 2.75) is 13.5 Å². The van der Waals surface area contributed by atoms with Crippen molar-refractivity contribution in [1.82, 2.24) is 10.3 Å². The van der Waals surface area contributed by atoms with Crippen LogP contribution in [-0.4, -0.2) is 15.8 Å². The summed E-state index contributed by atoms with van der Waals surface area (Å²) in [5, 5.41) is 14.2. The number of benzene rings is 1. The second kappa shape index (κ2) is 5.83. The van der Waals surface area contributed by atoms with Gasteiger partial charge in [-0.2, -0.15) is 0 Å². The fourth-order valence-electron chi connectivity index (χ4n) is 1.66. The van der Waals surface area contributed by atoms with Crippen molar-refractivity contribution in [3.8, 4) is 0 Å². The monoisotopic (exact) mass is 310 g/mol. The van der Waals surface area contributed by atoms with Crippen LogP contribution in [0.15, 0.2) is 18.3 Å². The van der Waals surface area contributed by atoms with Crippen LogP contribution in [0.1, 0.15) is 20.2 Å². The standard InChI is InChI=1S/C12H11FN4O3S/c1-6-15-4-7(21-6)5-16-12(18)8-2-10(14)9(13)3-11(8)17(19)20/h2-4H,5,14H2,1H3,(H,16,18). The van der Waals surface area contributed by atoms with E-state index in [9.17, 15) is 19.3 Å². The van der Waals surface area contributed by atoms with Gasteiger partial charge in [0.1, 0.15) is 5.56 Å². The van der Waals surface area contributed by atoms with Crippen LogP contribution in [0.5, 0.6) is 0 Å². The number of amides is 1. The number of thiazole rings is 1. The molecule has 0 fully saturated rings. The molecule has 3 N–H and O–H groups in total. The van der Waals surface area contributed by atoms with Gasteiger partial charge in [0.25, 0.3) is 11.6 Å². The van der Waals surface area contributed by atoms with Crippen LogP contribution in [0.2, 0.25) is 0 Å². The second-order valence-electron chi connectivity index (χ2n) is 4.18. The quantitative estimate of drug-likeness (QED) is 0.510. The number of aromatic nitrogens is 1. The van der Waals surface area contributed by atoms with Crippen LogP contribution < -0.4 is 11.1 Å². The number of nitro benzene ring substituents is 1. The Kier molecular flexibility index (Phi) is 4.13. The highest BCUT2D eigenvalue weighted by Crippen LogP contribution is 2.24. The summed E-state index contributed by atoms with van der Waals surface area (Å²) >= 11 is 1.40. The third-order valence-electron chi connectivity index (χ3n) is 2.65. The molecule has 2 aromatic rings. The summed E-state index contributed by atoms with van der Waals surface area (Å²) in [6.45, 7) is 2.00. The molecule has 9 heteroatoms. The molecule has 0 spiro atoms. The molecule has 0 aliphatic rings. The first-order valence-electron chi connectivity index (χ1n) is 5.81. The molecule has 110 valence electrons. The predicted molar refractivity (Wildman–Crippen MR) is 75.5 cm³/mol. The topological polar surface area (TPSA) is 111 Å². The van der Waals surface area contributed by atoms with E-state index in [1.165, 1.54) is 11.3 Å². The van der Waals surface area contributed by atoms with Gasteiger partial charge in [0.05, 0.1) is 28.2 Å². The van der Waals surface area contributed by atoms with Gasteiger partial charge in [-0.15, -0.1) is 11.3 Å². The summed E-state index contributed by atoms with van der Waals surface area (Å²) in [5.41, 5.74) is 4.13. The van der Waals surface area contributed by atoms with Gasteiger partial charge in [0, 0.05) is 11.1 Å². The molecule has 0 atom stereocenters. The number of halogens is 1. The normalized spacial score (nSPS) is 10.4. The molecule has 1 heterocycles. The minimum Gasteiger partial charge on any atom is -0.396 e. The number of rotatable bonds is 4. The van der Waals surface area contributed by atoms with Crippen LogP contribution in [0, 0.1) is 22.9 Å². The van der Waals surface area contributed by atoms with Gasteiger partial charge in [-0.3, -0.25) is 14.9 Å². The van der Waals surface area contributed by atoms with E-state index in [2.05, 4.69) is 10.3 Å². The number of aryl methyl sites for hydroxylation is 1. The first kappa shape index (κ1) is 14.9. The second-order valence-corrected chi connectivity index (χ2v) is 5.50. The third kappa shape index (κ3) is 3.31. The van der Waals surface area contributed by atoms with Crippen molar-refractivity contribution in [2.75, 3.05) is 5.73 Å². The highest BCUT2D eigenvalue weighted by atomic mass is 32.1. The molecule has 0 saturated carbocycles. The molecule has 2 rings (SSSR count). The molecule has 0 aliphatic heterocycles. The lowest BCUT2D eigenvalue weighted by Crippen LogP contribution is -2.23. The van der Waals surface area contributed by atoms with E-state index in [1.807, 2.05) is 6.92 Å². The Morgan fingerprint density at radius 1 is 1.57 bits per heavy atom. The highest BCUT2D eigenvalue weighted by molar-refractivity contribution is 7.11. The number of anilines is 1. The summed E-state index contributed by atoms with van der Waals surface area (Å²) in [6, 6.07) is 1.60. The Morgan fingerprint density at radius 2 is 2.29 bits per heavy atom. The average Bonchev–Trinajstić information content (AvgIpc) is 2.84. The lowest BCUT2D eigenvalue weighted by Gasteiger charge is -2.06. The fraction of sp³-hybridized carbons (Fsp3) is 0.167. The van der Waals surface area contributed by atoms with Gasteiger partial charge in [-0.25, -0.2) is 9.37 Å². The Balaban J connectivity index is 2.22. The van der Waals surface area contributed by atoms with Gasteiger partial charge in [-0.05, 0) is 13.0 Å². The van der Waals surface area contributed by atoms with E-state index in [-0.39, 0.29) is 17.8 Å². The number of nitrogens with two attached hydrogens (primary N) is 1. The maximum absolute atomic E-state index is 13.3. The van der Waals surface area contributed by atoms with E-state index in [0.29, 0.717) is 6.07 Å². The van der Waals surface area contributed by atoms with Crippen molar-refractivity contribution in [1.29, 1.82) is 0 Å². The molecule has 1 aromatic carbocycles. The number of carbonyl (C=O) groups is 1. The Labute approximate surface area is 122 Å². The number of carbonyl (C=O) groups excluding carboxylic acids is 1. The molecule has 0 unspecified atom stereocenters. The minimum absolute atomic E-state index is 0.179. The van der Waals surface area contributed by atoms with Crippen LogP contribution in [0.4, 0.5) is 15.8 Å². The Morgan fingerprint density at radius 3 is 2.86 bits per heavy atom. The van der Waals surface area contributed by atoms with Gasteiger partial charge in [-0.1, -0.05) is 0 Å². The minimum atomic E-state index is -0.934. The fourth-order valence-corrected chi connectivity index (χ4v) is 2.40. The molecular formula is C12H11FN4O3S. The highest BCUT2D eigenvalue weighted by Gasteiger charge is 2.22. The number of nitro groups is 1. The number of nitrogens with zero attached hydrogens (tertiary/aromatic N) is 2. The first-order valence-corrected chi connectivity index (χ1v) is 6.63. The van der Waals surface area contributed by atoms with Crippen molar-refractivity contribution >= 4 is 28.6 Å². The zero-order valence-electron chi connectivity index (χ0n) is 10.9. The van der Waals surface area contributed by atoms with Crippen molar-refractivity contribution in [3.05, 3.63) is 49.7 Å². The number of hydrogen-bond donors (Lipinski definition) is 2. The van der Waals surface area contributed by atoms with Gasteiger partial charge < -0.3 is 11.1 Å². The molecule has 0 aliphatic carbocycles. The molecule has 7 nitrogen and oxygen atoms in total. The summed E-state index contributed by atoms with van der Waals surface area (Å²) in [7, 11) is 0. The van der Waals surface area contributed by atoms with Crippen molar-refractivity contribution < 1.29 is 14.1 Å². The van der Waals surface area contributed by atoms with E-state index in [1.54, 1.807) is 6.20 Å². The lowest BCUT2D eigenvalue weighted by molar-refractivity contribution is -0.385. The van der Waals surface area contributed by atoms with E-state index in [0.717, 1.165) is 16.0 Å². The summed E-state index contributed by atoms with van der Waals surface area (Å²) in [4.78, 5) is 26.9. The third-order valence-corrected chi connectivity index (χ3v) is 3.56. The molecule has 0 radical (unpaired) electrons. The van der Waals surface area contributed by atoms with E-state index >= 15 is 0 Å². The zero-order chi connectivity index (χ0) is 15.6. The zero-order valence-corrected chi connectivity index (χ0v) is 11.7. The van der Waals surface area contributed by atoms with Gasteiger partial charge >= 0.3 is 0 Å². The van der Waals surface area contributed by atoms with Crippen LogP contribution in [0.25, 0.3) is 0 Å². The molecule has 0 bridgehead atoms. The van der Waals surface area contributed by atoms with Gasteiger partial charge in [0.15, 0.2) is 5.82 Å². The van der Waals surface area contributed by atoms with E-state index in [4.69, 9.17) is 5.73 Å². The Hall–Kier alpha value is -2.55. The molecule has 21 heavy (non-hydrogen) atoms. The first-order chi connectivity index (χ1) is 9.88. The SMILES string of the molecule is Cc1ncc(CNC(=O)c2cc(N)c(F)cc2[N+](=O)[O-])s1. The maximum atomic E-state index is 13.3. The Bertz CT molecular complexity index is 717. The molecule has 0 saturated heterocycles.